The van der Waals surface area contributed by atoms with E-state index < -0.39 is 5.82 Å². The predicted molar refractivity (Wildman–Crippen MR) is 132 cm³/mol. The second-order valence-corrected chi connectivity index (χ2v) is 9.14. The normalized spacial score (nSPS) is 19.0. The molecule has 1 amide bonds. The van der Waals surface area contributed by atoms with E-state index in [1.807, 2.05) is 27.7 Å². The van der Waals surface area contributed by atoms with Gasteiger partial charge in [0.25, 0.3) is 5.91 Å². The fourth-order valence-corrected chi connectivity index (χ4v) is 4.73. The number of nitriles is 1. The van der Waals surface area contributed by atoms with E-state index in [9.17, 15) is 14.4 Å². The summed E-state index contributed by atoms with van der Waals surface area (Å²) in [6.45, 7) is 1.43. The Labute approximate surface area is 203 Å². The Morgan fingerprint density at radius 3 is 2.69 bits per heavy atom. The summed E-state index contributed by atoms with van der Waals surface area (Å²) in [5.74, 6) is -0.0543. The van der Waals surface area contributed by atoms with Gasteiger partial charge in [0.2, 0.25) is 0 Å². The monoisotopic (exact) mass is 470 g/mol. The Balaban J connectivity index is 1.72. The number of amides is 1. The van der Waals surface area contributed by atoms with E-state index in [4.69, 9.17) is 10.4 Å². The molecule has 1 aromatic carbocycles. The van der Waals surface area contributed by atoms with Crippen LogP contribution in [0.25, 0.3) is 17.1 Å². The molecule has 0 spiro atoms. The minimum atomic E-state index is -0.623. The zero-order chi connectivity index (χ0) is 24.5. The maximum Gasteiger partial charge on any atom is 0.274 e. The van der Waals surface area contributed by atoms with Gasteiger partial charge in [0.1, 0.15) is 17.7 Å². The molecule has 1 aliphatic heterocycles. The third-order valence-corrected chi connectivity index (χ3v) is 6.66. The highest BCUT2D eigenvalue weighted by Gasteiger charge is 2.37. The molecule has 8 heteroatoms. The number of nitrogens with one attached hydrogen (secondary N) is 2. The van der Waals surface area contributed by atoms with Crippen molar-refractivity contribution >= 4 is 17.3 Å². The molecule has 1 aromatic heterocycles. The molecule has 2 aromatic rings. The molecule has 1 saturated carbocycles. The SMILES string of the molecule is CN/C=C1/C=C(n2c(-c3ccc(C#N)c(F)c3)nc(C(=O)N3CCCCC3)c2C2CC2)C=CC1=N. The molecule has 1 saturated heterocycles. The van der Waals surface area contributed by atoms with Gasteiger partial charge in [-0.15, -0.1) is 0 Å². The van der Waals surface area contributed by atoms with Gasteiger partial charge in [-0.05, 0) is 68.5 Å². The summed E-state index contributed by atoms with van der Waals surface area (Å²) in [4.78, 5) is 20.4. The largest absolute Gasteiger partial charge is 0.393 e. The van der Waals surface area contributed by atoms with Crippen molar-refractivity contribution in [1.82, 2.24) is 19.8 Å². The zero-order valence-corrected chi connectivity index (χ0v) is 19.6. The van der Waals surface area contributed by atoms with E-state index in [0.29, 0.717) is 41.5 Å². The maximum atomic E-state index is 14.6. The minimum Gasteiger partial charge on any atom is -0.393 e. The molecule has 2 fully saturated rings. The molecule has 178 valence electrons. The molecule has 0 bridgehead atoms. The Morgan fingerprint density at radius 1 is 1.26 bits per heavy atom. The number of hydrogen-bond acceptors (Lipinski definition) is 5. The van der Waals surface area contributed by atoms with Crippen LogP contribution in [0, 0.1) is 22.6 Å². The quantitative estimate of drug-likeness (QED) is 0.667. The standard InChI is InChI=1S/C27H27FN6O/c1-31-16-20-13-21(9-10-23(20)30)34-25(17-5-6-17)24(27(35)33-11-3-2-4-12-33)32-26(34)18-7-8-19(15-29)22(28)14-18/h7-10,13-14,16-17,30-31H,2-6,11-12H2,1H3/b20-16-,30-23?. The number of rotatable bonds is 5. The van der Waals surface area contributed by atoms with Gasteiger partial charge in [0, 0.05) is 49.1 Å². The lowest BCUT2D eigenvalue weighted by Gasteiger charge is -2.26. The summed E-state index contributed by atoms with van der Waals surface area (Å²) >= 11 is 0. The van der Waals surface area contributed by atoms with Crippen molar-refractivity contribution in [2.24, 2.45) is 0 Å². The summed E-state index contributed by atoms with van der Waals surface area (Å²) in [7, 11) is 1.78. The summed E-state index contributed by atoms with van der Waals surface area (Å²) in [6.07, 6.45) is 12.2. The lowest BCUT2D eigenvalue weighted by molar-refractivity contribution is 0.0717. The molecular formula is C27H27FN6O. The van der Waals surface area contributed by atoms with Gasteiger partial charge < -0.3 is 15.6 Å². The van der Waals surface area contributed by atoms with E-state index in [1.54, 1.807) is 25.4 Å². The fraction of sp³-hybridized carbons (Fsp3) is 0.333. The van der Waals surface area contributed by atoms with Crippen LogP contribution in [0.3, 0.4) is 0 Å². The Hall–Kier alpha value is -3.99. The van der Waals surface area contributed by atoms with Crippen LogP contribution in [0.5, 0.6) is 0 Å². The van der Waals surface area contributed by atoms with Gasteiger partial charge in [-0.25, -0.2) is 9.37 Å². The lowest BCUT2D eigenvalue weighted by atomic mass is 10.0. The van der Waals surface area contributed by atoms with Crippen molar-refractivity contribution in [3.8, 4) is 17.5 Å². The lowest BCUT2D eigenvalue weighted by Crippen LogP contribution is -2.36. The third-order valence-electron chi connectivity index (χ3n) is 6.66. The molecule has 2 heterocycles. The average Bonchev–Trinajstić information content (AvgIpc) is 3.64. The molecule has 0 atom stereocenters. The number of piperidine rings is 1. The van der Waals surface area contributed by atoms with Gasteiger partial charge in [0.15, 0.2) is 5.69 Å². The number of carbonyl (C=O) groups is 1. The van der Waals surface area contributed by atoms with Crippen molar-refractivity contribution in [3.63, 3.8) is 0 Å². The van der Waals surface area contributed by atoms with Crippen molar-refractivity contribution in [3.05, 3.63) is 71.0 Å². The topological polar surface area (TPSA) is 97.8 Å². The number of benzene rings is 1. The van der Waals surface area contributed by atoms with E-state index in [1.165, 1.54) is 12.1 Å². The number of hydrogen-bond donors (Lipinski definition) is 2. The van der Waals surface area contributed by atoms with E-state index in [2.05, 4.69) is 5.32 Å². The number of halogens is 1. The van der Waals surface area contributed by atoms with Crippen LogP contribution in [-0.4, -0.2) is 46.2 Å². The minimum absolute atomic E-state index is 0.0386. The summed E-state index contributed by atoms with van der Waals surface area (Å²) in [5, 5.41) is 20.4. The average molecular weight is 471 g/mol. The first-order chi connectivity index (χ1) is 17.0. The molecule has 2 N–H and O–H groups in total. The van der Waals surface area contributed by atoms with E-state index in [-0.39, 0.29) is 17.4 Å². The van der Waals surface area contributed by atoms with Gasteiger partial charge in [-0.1, -0.05) is 0 Å². The summed E-state index contributed by atoms with van der Waals surface area (Å²) in [5.41, 5.74) is 3.54. The fourth-order valence-electron chi connectivity index (χ4n) is 4.73. The molecule has 5 rings (SSSR count). The van der Waals surface area contributed by atoms with E-state index in [0.717, 1.165) is 43.5 Å². The summed E-state index contributed by atoms with van der Waals surface area (Å²) < 4.78 is 16.6. The Kier molecular flexibility index (Phi) is 6.08. The van der Waals surface area contributed by atoms with E-state index >= 15 is 0 Å². The van der Waals surface area contributed by atoms with Gasteiger partial charge in [0.05, 0.1) is 17.0 Å². The van der Waals surface area contributed by atoms with Crippen LogP contribution < -0.4 is 5.32 Å². The summed E-state index contributed by atoms with van der Waals surface area (Å²) in [6, 6.07) is 6.28. The zero-order valence-electron chi connectivity index (χ0n) is 19.6. The smallest absolute Gasteiger partial charge is 0.274 e. The Morgan fingerprint density at radius 2 is 2.03 bits per heavy atom. The Bertz CT molecular complexity index is 1330. The molecule has 0 unspecified atom stereocenters. The van der Waals surface area contributed by atoms with Gasteiger partial charge in [-0.3, -0.25) is 9.36 Å². The van der Waals surface area contributed by atoms with Gasteiger partial charge in [-0.2, -0.15) is 5.26 Å². The number of aromatic nitrogens is 2. The number of allylic oxidation sites excluding steroid dienone is 5. The van der Waals surface area contributed by atoms with Crippen molar-refractivity contribution in [2.45, 2.75) is 38.0 Å². The number of imidazole rings is 1. The van der Waals surface area contributed by atoms with Crippen molar-refractivity contribution < 1.29 is 9.18 Å². The second kappa shape index (κ2) is 9.34. The van der Waals surface area contributed by atoms with Crippen LogP contribution in [0.15, 0.2) is 48.2 Å². The number of carbonyl (C=O) groups excluding carboxylic acids is 1. The van der Waals surface area contributed by atoms with Crippen LogP contribution >= 0.6 is 0 Å². The number of likely N-dealkylation sites (tertiary alicyclic amines) is 1. The predicted octanol–water partition coefficient (Wildman–Crippen LogP) is 4.60. The maximum absolute atomic E-state index is 14.6. The van der Waals surface area contributed by atoms with Crippen molar-refractivity contribution in [2.75, 3.05) is 20.1 Å². The van der Waals surface area contributed by atoms with Crippen LogP contribution in [0.2, 0.25) is 0 Å². The van der Waals surface area contributed by atoms with Crippen LogP contribution in [-0.2, 0) is 0 Å². The first kappa shape index (κ1) is 22.8. The van der Waals surface area contributed by atoms with Gasteiger partial charge >= 0.3 is 0 Å². The highest BCUT2D eigenvalue weighted by molar-refractivity contribution is 6.12. The first-order valence-corrected chi connectivity index (χ1v) is 12.0. The number of nitrogens with zero attached hydrogens (tertiary/aromatic N) is 4. The third kappa shape index (κ3) is 4.30. The van der Waals surface area contributed by atoms with Crippen molar-refractivity contribution in [1.29, 1.82) is 10.7 Å². The highest BCUT2D eigenvalue weighted by atomic mass is 19.1. The highest BCUT2D eigenvalue weighted by Crippen LogP contribution is 2.45. The molecule has 0 radical (unpaired) electrons. The van der Waals surface area contributed by atoms with Crippen LogP contribution in [0.4, 0.5) is 4.39 Å². The molecule has 2 aliphatic carbocycles. The molecule has 35 heavy (non-hydrogen) atoms. The second-order valence-electron chi connectivity index (χ2n) is 9.14. The molecule has 7 nitrogen and oxygen atoms in total. The van der Waals surface area contributed by atoms with Crippen LogP contribution in [0.1, 0.15) is 59.8 Å². The molecular weight excluding hydrogens is 443 g/mol. The first-order valence-electron chi connectivity index (χ1n) is 12.0. The molecule has 3 aliphatic rings.